The molecule has 1 N–H and O–H groups in total. The molecule has 6 heteroatoms. The van der Waals surface area contributed by atoms with Gasteiger partial charge in [-0.3, -0.25) is 9.59 Å². The van der Waals surface area contributed by atoms with Crippen molar-refractivity contribution in [1.82, 2.24) is 15.2 Å². The Morgan fingerprint density at radius 3 is 2.96 bits per heavy atom. The van der Waals surface area contributed by atoms with Crippen molar-refractivity contribution in [2.24, 2.45) is 5.92 Å². The van der Waals surface area contributed by atoms with Crippen LogP contribution in [0.3, 0.4) is 0 Å². The fraction of sp³-hybridized carbons (Fsp3) is 0.706. The van der Waals surface area contributed by atoms with E-state index < -0.39 is 0 Å². The summed E-state index contributed by atoms with van der Waals surface area (Å²) in [5.41, 5.74) is 0.913. The smallest absolute Gasteiger partial charge is 0.222 e. The third kappa shape index (κ3) is 5.03. The lowest BCUT2D eigenvalue weighted by Crippen LogP contribution is -2.38. The molecule has 2 amide bonds. The summed E-state index contributed by atoms with van der Waals surface area (Å²) in [7, 11) is 0. The zero-order valence-corrected chi connectivity index (χ0v) is 15.1. The Morgan fingerprint density at radius 2 is 2.26 bits per heavy atom. The molecule has 0 aliphatic carbocycles. The van der Waals surface area contributed by atoms with Crippen molar-refractivity contribution >= 4 is 23.2 Å². The molecule has 0 saturated carbocycles. The number of hydrogen-bond donors (Lipinski definition) is 1. The van der Waals surface area contributed by atoms with E-state index in [4.69, 9.17) is 0 Å². The third-order valence-electron chi connectivity index (χ3n) is 4.12. The summed E-state index contributed by atoms with van der Waals surface area (Å²) in [6.07, 6.45) is 3.66. The van der Waals surface area contributed by atoms with Gasteiger partial charge >= 0.3 is 0 Å². The number of nitrogens with one attached hydrogen (secondary N) is 1. The Hall–Kier alpha value is -1.43. The van der Waals surface area contributed by atoms with E-state index in [2.05, 4.69) is 10.3 Å². The maximum absolute atomic E-state index is 12.1. The molecule has 128 valence electrons. The van der Waals surface area contributed by atoms with Crippen LogP contribution >= 0.6 is 11.3 Å². The lowest BCUT2D eigenvalue weighted by atomic mass is 9.98. The first kappa shape index (κ1) is 17.9. The van der Waals surface area contributed by atoms with Crippen molar-refractivity contribution in [3.8, 4) is 0 Å². The molecule has 1 aromatic rings. The van der Waals surface area contributed by atoms with Crippen LogP contribution in [0.25, 0.3) is 0 Å². The van der Waals surface area contributed by atoms with Gasteiger partial charge in [-0.05, 0) is 19.3 Å². The van der Waals surface area contributed by atoms with Crippen LogP contribution in [0, 0.1) is 5.92 Å². The van der Waals surface area contributed by atoms with Gasteiger partial charge in [0, 0.05) is 36.7 Å². The first-order valence-corrected chi connectivity index (χ1v) is 9.39. The lowest BCUT2D eigenvalue weighted by molar-refractivity contribution is -0.132. The van der Waals surface area contributed by atoms with E-state index in [1.165, 1.54) is 0 Å². The fourth-order valence-corrected chi connectivity index (χ4v) is 3.70. The summed E-state index contributed by atoms with van der Waals surface area (Å²) < 4.78 is 0. The normalized spacial score (nSPS) is 18.3. The van der Waals surface area contributed by atoms with E-state index in [0.29, 0.717) is 18.9 Å². The summed E-state index contributed by atoms with van der Waals surface area (Å²) in [5, 5.41) is 6.01. The van der Waals surface area contributed by atoms with Crippen molar-refractivity contribution in [2.45, 2.75) is 58.9 Å². The Morgan fingerprint density at radius 1 is 1.48 bits per heavy atom. The summed E-state index contributed by atoms with van der Waals surface area (Å²) in [4.78, 5) is 30.4. The largest absolute Gasteiger partial charge is 0.350 e. The van der Waals surface area contributed by atoms with Crippen LogP contribution in [-0.4, -0.2) is 34.8 Å². The van der Waals surface area contributed by atoms with Crippen LogP contribution in [0.5, 0.6) is 0 Å². The molecule has 2 rings (SSSR count). The highest BCUT2D eigenvalue weighted by Crippen LogP contribution is 2.29. The number of rotatable bonds is 6. The number of nitrogens with zero attached hydrogens (tertiary/aromatic N) is 2. The zero-order chi connectivity index (χ0) is 16.8. The number of likely N-dealkylation sites (tertiary alicyclic amines) is 1. The maximum Gasteiger partial charge on any atom is 0.222 e. The molecular weight excluding hydrogens is 310 g/mol. The number of carbonyl (C=O) groups is 2. The number of thiazole rings is 1. The van der Waals surface area contributed by atoms with Gasteiger partial charge in [0.2, 0.25) is 11.8 Å². The second kappa shape index (κ2) is 8.43. The van der Waals surface area contributed by atoms with Crippen LogP contribution < -0.4 is 5.32 Å². The Labute approximate surface area is 142 Å². The number of carbonyl (C=O) groups excluding carboxylic acids is 2. The molecule has 2 heterocycles. The highest BCUT2D eigenvalue weighted by molar-refractivity contribution is 7.09. The number of aromatic nitrogens is 1. The van der Waals surface area contributed by atoms with E-state index >= 15 is 0 Å². The van der Waals surface area contributed by atoms with Gasteiger partial charge < -0.3 is 10.2 Å². The van der Waals surface area contributed by atoms with Crippen LogP contribution in [0.4, 0.5) is 0 Å². The van der Waals surface area contributed by atoms with Gasteiger partial charge in [0.05, 0.1) is 17.2 Å². The highest BCUT2D eigenvalue weighted by Gasteiger charge is 2.26. The summed E-state index contributed by atoms with van der Waals surface area (Å²) in [6, 6.07) is 0. The summed E-state index contributed by atoms with van der Waals surface area (Å²) >= 11 is 1.64. The van der Waals surface area contributed by atoms with Gasteiger partial charge in [-0.1, -0.05) is 20.8 Å². The molecule has 0 spiro atoms. The van der Waals surface area contributed by atoms with Crippen molar-refractivity contribution in [3.05, 3.63) is 16.1 Å². The molecule has 1 aliphatic heterocycles. The summed E-state index contributed by atoms with van der Waals surface area (Å²) in [6.45, 7) is 7.94. The summed E-state index contributed by atoms with van der Waals surface area (Å²) in [5.74, 6) is 0.639. The van der Waals surface area contributed by atoms with E-state index in [9.17, 15) is 9.59 Å². The lowest BCUT2D eigenvalue weighted by Gasteiger charge is -2.31. The highest BCUT2D eigenvalue weighted by atomic mass is 32.1. The first-order valence-electron chi connectivity index (χ1n) is 8.51. The first-order chi connectivity index (χ1) is 11.0. The number of hydrogen-bond acceptors (Lipinski definition) is 4. The molecule has 1 fully saturated rings. The van der Waals surface area contributed by atoms with Crippen LogP contribution in [0.2, 0.25) is 0 Å². The van der Waals surface area contributed by atoms with E-state index in [1.807, 2.05) is 31.1 Å². The topological polar surface area (TPSA) is 62.3 Å². The molecule has 1 aliphatic rings. The minimum absolute atomic E-state index is 0.00964. The van der Waals surface area contributed by atoms with E-state index in [0.717, 1.165) is 43.1 Å². The second-order valence-electron chi connectivity index (χ2n) is 6.48. The number of amides is 2. The standard InChI is InChI=1S/C17H27N3O2S/c1-4-6-15(21)20-8-5-7-13(10-20)17-19-14(11-23-17)9-18-16(22)12(2)3/h11-13H,4-10H2,1-3H3,(H,18,22). The zero-order valence-electron chi connectivity index (χ0n) is 14.3. The average molecular weight is 337 g/mol. The molecule has 1 unspecified atom stereocenters. The predicted molar refractivity (Wildman–Crippen MR) is 92.3 cm³/mol. The van der Waals surface area contributed by atoms with Crippen molar-refractivity contribution in [2.75, 3.05) is 13.1 Å². The van der Waals surface area contributed by atoms with Crippen molar-refractivity contribution < 1.29 is 9.59 Å². The second-order valence-corrected chi connectivity index (χ2v) is 7.37. The van der Waals surface area contributed by atoms with Gasteiger partial charge in [-0.15, -0.1) is 11.3 Å². The van der Waals surface area contributed by atoms with Gasteiger partial charge in [0.15, 0.2) is 0 Å². The molecule has 5 nitrogen and oxygen atoms in total. The Balaban J connectivity index is 1.91. The third-order valence-corrected chi connectivity index (χ3v) is 5.18. The van der Waals surface area contributed by atoms with Gasteiger partial charge in [0.1, 0.15) is 0 Å². The molecule has 1 aromatic heterocycles. The minimum Gasteiger partial charge on any atom is -0.350 e. The van der Waals surface area contributed by atoms with Crippen molar-refractivity contribution in [3.63, 3.8) is 0 Å². The monoisotopic (exact) mass is 337 g/mol. The Kier molecular flexibility index (Phi) is 6.57. The molecule has 0 aromatic carbocycles. The van der Waals surface area contributed by atoms with E-state index in [1.54, 1.807) is 11.3 Å². The minimum atomic E-state index is -0.00964. The van der Waals surface area contributed by atoms with Crippen LogP contribution in [0.1, 0.15) is 63.1 Å². The maximum atomic E-state index is 12.1. The van der Waals surface area contributed by atoms with Gasteiger partial charge in [-0.25, -0.2) is 4.98 Å². The molecule has 0 bridgehead atoms. The molecule has 1 atom stereocenters. The molecule has 0 radical (unpaired) electrons. The Bertz CT molecular complexity index is 542. The fourth-order valence-electron chi connectivity index (χ4n) is 2.75. The van der Waals surface area contributed by atoms with E-state index in [-0.39, 0.29) is 17.7 Å². The average Bonchev–Trinajstić information content (AvgIpc) is 3.02. The molecular formula is C17H27N3O2S. The number of piperidine rings is 1. The quantitative estimate of drug-likeness (QED) is 0.868. The van der Waals surface area contributed by atoms with Crippen LogP contribution in [0.15, 0.2) is 5.38 Å². The molecule has 1 saturated heterocycles. The van der Waals surface area contributed by atoms with Crippen molar-refractivity contribution in [1.29, 1.82) is 0 Å². The SMILES string of the molecule is CCCC(=O)N1CCCC(c2nc(CNC(=O)C(C)C)cs2)C1. The molecule has 23 heavy (non-hydrogen) atoms. The van der Waals surface area contributed by atoms with Gasteiger partial charge in [-0.2, -0.15) is 0 Å². The van der Waals surface area contributed by atoms with Gasteiger partial charge in [0.25, 0.3) is 0 Å². The predicted octanol–water partition coefficient (Wildman–Crippen LogP) is 2.92. The van der Waals surface area contributed by atoms with Crippen LogP contribution in [-0.2, 0) is 16.1 Å².